The Kier molecular flexibility index (Phi) is 7.22. The highest BCUT2D eigenvalue weighted by atomic mass is 16.2. The molecule has 3 rings (SSSR count). The lowest BCUT2D eigenvalue weighted by atomic mass is 10.0. The van der Waals surface area contributed by atoms with E-state index in [1.165, 1.54) is 5.56 Å². The highest BCUT2D eigenvalue weighted by Gasteiger charge is 2.15. The fraction of sp³-hybridized carbons (Fsp3) is 0.154. The molecule has 0 saturated carbocycles. The maximum Gasteiger partial charge on any atom is 0.268 e. The monoisotopic (exact) mass is 413 g/mol. The van der Waals surface area contributed by atoms with E-state index in [0.29, 0.717) is 17.2 Å². The summed E-state index contributed by atoms with van der Waals surface area (Å²) in [6, 6.07) is 24.1. The molecule has 0 saturated heterocycles. The molecule has 5 heteroatoms. The van der Waals surface area contributed by atoms with Crippen LogP contribution in [0.4, 0.5) is 5.69 Å². The fourth-order valence-corrected chi connectivity index (χ4v) is 3.05. The predicted octanol–water partition coefficient (Wildman–Crippen LogP) is 4.48. The van der Waals surface area contributed by atoms with E-state index in [1.54, 1.807) is 36.4 Å². The van der Waals surface area contributed by atoms with E-state index in [9.17, 15) is 9.59 Å². The van der Waals surface area contributed by atoms with Gasteiger partial charge < -0.3 is 16.4 Å². The van der Waals surface area contributed by atoms with E-state index in [4.69, 9.17) is 5.73 Å². The zero-order chi connectivity index (χ0) is 22.2. The van der Waals surface area contributed by atoms with Gasteiger partial charge in [0.05, 0.1) is 0 Å². The number of nitrogen functional groups attached to an aromatic ring is 1. The molecule has 0 aliphatic rings. The lowest BCUT2D eigenvalue weighted by Gasteiger charge is -2.13. The van der Waals surface area contributed by atoms with Crippen LogP contribution in [0.1, 0.15) is 46.8 Å². The van der Waals surface area contributed by atoms with E-state index in [0.717, 1.165) is 11.1 Å². The Bertz CT molecular complexity index is 1070. The van der Waals surface area contributed by atoms with Crippen molar-refractivity contribution in [3.63, 3.8) is 0 Å². The smallest absolute Gasteiger partial charge is 0.268 e. The third-order valence-corrected chi connectivity index (χ3v) is 4.94. The van der Waals surface area contributed by atoms with Gasteiger partial charge in [-0.2, -0.15) is 0 Å². The van der Waals surface area contributed by atoms with Crippen LogP contribution < -0.4 is 16.4 Å². The topological polar surface area (TPSA) is 84.2 Å². The molecule has 0 aliphatic carbocycles. The summed E-state index contributed by atoms with van der Waals surface area (Å²) >= 11 is 0. The standard InChI is InChI=1S/C26H27N3O2/c1-18(2)20-14-12-19(13-15-20)16-24(29-25(30)21-8-4-3-5-9-21)26(31)28-17-22-10-6-7-11-23(22)27/h3-16,18H,17,27H2,1-2H3,(H,28,31)(H,29,30)/b24-16-. The zero-order valence-corrected chi connectivity index (χ0v) is 17.8. The summed E-state index contributed by atoms with van der Waals surface area (Å²) in [5, 5.41) is 5.59. The first-order valence-corrected chi connectivity index (χ1v) is 10.2. The molecule has 2 amide bonds. The van der Waals surface area contributed by atoms with Crippen molar-refractivity contribution in [3.8, 4) is 0 Å². The molecule has 0 unspecified atom stereocenters. The molecule has 5 nitrogen and oxygen atoms in total. The molecule has 3 aromatic carbocycles. The highest BCUT2D eigenvalue weighted by molar-refractivity contribution is 6.05. The lowest BCUT2D eigenvalue weighted by molar-refractivity contribution is -0.117. The van der Waals surface area contributed by atoms with Crippen LogP contribution in [-0.4, -0.2) is 11.8 Å². The number of rotatable bonds is 7. The number of nitrogens with one attached hydrogen (secondary N) is 2. The molecule has 0 atom stereocenters. The molecule has 4 N–H and O–H groups in total. The third kappa shape index (κ3) is 6.06. The second-order valence-corrected chi connectivity index (χ2v) is 7.58. The summed E-state index contributed by atoms with van der Waals surface area (Å²) in [6.45, 7) is 4.51. The number of amides is 2. The highest BCUT2D eigenvalue weighted by Crippen LogP contribution is 2.16. The van der Waals surface area contributed by atoms with Crippen molar-refractivity contribution in [2.24, 2.45) is 0 Å². The Balaban J connectivity index is 1.83. The van der Waals surface area contributed by atoms with Crippen LogP contribution in [0.25, 0.3) is 6.08 Å². The first-order chi connectivity index (χ1) is 14.9. The van der Waals surface area contributed by atoms with Gasteiger partial charge >= 0.3 is 0 Å². The SMILES string of the molecule is CC(C)c1ccc(/C=C(\NC(=O)c2ccccc2)C(=O)NCc2ccccc2N)cc1. The number of benzene rings is 3. The quantitative estimate of drug-likeness (QED) is 0.394. The first kappa shape index (κ1) is 21.8. The molecule has 0 fully saturated rings. The molecule has 3 aromatic rings. The predicted molar refractivity (Wildman–Crippen MR) is 125 cm³/mol. The molecule has 0 bridgehead atoms. The van der Waals surface area contributed by atoms with E-state index < -0.39 is 0 Å². The number of nitrogens with two attached hydrogens (primary N) is 1. The zero-order valence-electron chi connectivity index (χ0n) is 17.8. The average molecular weight is 414 g/mol. The van der Waals surface area contributed by atoms with Gasteiger partial charge in [0.25, 0.3) is 11.8 Å². The van der Waals surface area contributed by atoms with Crippen LogP contribution in [0.2, 0.25) is 0 Å². The number of anilines is 1. The summed E-state index contributed by atoms with van der Waals surface area (Å²) in [4.78, 5) is 25.6. The number of hydrogen-bond donors (Lipinski definition) is 3. The van der Waals surface area contributed by atoms with E-state index in [2.05, 4.69) is 24.5 Å². The Morgan fingerprint density at radius 1 is 0.903 bits per heavy atom. The van der Waals surface area contributed by atoms with Crippen LogP contribution in [0, 0.1) is 0 Å². The molecule has 0 aromatic heterocycles. The third-order valence-electron chi connectivity index (χ3n) is 4.94. The molecule has 0 radical (unpaired) electrons. The molecule has 0 aliphatic heterocycles. The second-order valence-electron chi connectivity index (χ2n) is 7.58. The minimum absolute atomic E-state index is 0.167. The van der Waals surface area contributed by atoms with E-state index in [1.807, 2.05) is 48.5 Å². The number of carbonyl (C=O) groups is 2. The van der Waals surface area contributed by atoms with E-state index in [-0.39, 0.29) is 24.1 Å². The van der Waals surface area contributed by atoms with Gasteiger partial charge in [0.2, 0.25) is 0 Å². The van der Waals surface area contributed by atoms with Crippen molar-refractivity contribution in [2.45, 2.75) is 26.3 Å². The van der Waals surface area contributed by atoms with Crippen molar-refractivity contribution < 1.29 is 9.59 Å². The van der Waals surface area contributed by atoms with Gasteiger partial charge in [-0.25, -0.2) is 0 Å². The summed E-state index contributed by atoms with van der Waals surface area (Å²) in [6.07, 6.45) is 1.68. The number of carbonyl (C=O) groups excluding carboxylic acids is 2. The van der Waals surface area contributed by atoms with Crippen LogP contribution in [0.3, 0.4) is 0 Å². The van der Waals surface area contributed by atoms with Gasteiger partial charge in [-0.05, 0) is 46.9 Å². The maximum atomic E-state index is 12.9. The molecule has 31 heavy (non-hydrogen) atoms. The maximum absolute atomic E-state index is 12.9. The number of hydrogen-bond acceptors (Lipinski definition) is 3. The lowest BCUT2D eigenvalue weighted by Crippen LogP contribution is -2.34. The van der Waals surface area contributed by atoms with Crippen LogP contribution in [0.15, 0.2) is 84.6 Å². The van der Waals surface area contributed by atoms with Gasteiger partial charge in [-0.1, -0.05) is 74.5 Å². The molecule has 158 valence electrons. The van der Waals surface area contributed by atoms with E-state index >= 15 is 0 Å². The molecule has 0 heterocycles. The number of para-hydroxylation sites is 1. The summed E-state index contributed by atoms with van der Waals surface area (Å²) < 4.78 is 0. The van der Waals surface area contributed by atoms with Crippen LogP contribution in [-0.2, 0) is 11.3 Å². The largest absolute Gasteiger partial charge is 0.398 e. The molecule has 0 spiro atoms. The van der Waals surface area contributed by atoms with Gasteiger partial charge in [0.1, 0.15) is 5.70 Å². The summed E-state index contributed by atoms with van der Waals surface area (Å²) in [5.41, 5.74) is 10.0. The van der Waals surface area contributed by atoms with Crippen molar-refractivity contribution in [2.75, 3.05) is 5.73 Å². The van der Waals surface area contributed by atoms with Crippen LogP contribution >= 0.6 is 0 Å². The average Bonchev–Trinajstić information content (AvgIpc) is 2.78. The van der Waals surface area contributed by atoms with Gasteiger partial charge in [-0.15, -0.1) is 0 Å². The summed E-state index contributed by atoms with van der Waals surface area (Å²) in [5.74, 6) is -0.324. The van der Waals surface area contributed by atoms with Gasteiger partial charge in [0.15, 0.2) is 0 Å². The van der Waals surface area contributed by atoms with Gasteiger partial charge in [0, 0.05) is 17.8 Å². The summed E-state index contributed by atoms with van der Waals surface area (Å²) in [7, 11) is 0. The second kappa shape index (κ2) is 10.3. The molecular formula is C26H27N3O2. The van der Waals surface area contributed by atoms with Crippen molar-refractivity contribution in [3.05, 3.63) is 107 Å². The van der Waals surface area contributed by atoms with Crippen molar-refractivity contribution >= 4 is 23.6 Å². The minimum Gasteiger partial charge on any atom is -0.398 e. The van der Waals surface area contributed by atoms with Crippen molar-refractivity contribution in [1.82, 2.24) is 10.6 Å². The first-order valence-electron chi connectivity index (χ1n) is 10.2. The molecular weight excluding hydrogens is 386 g/mol. The van der Waals surface area contributed by atoms with Gasteiger partial charge in [-0.3, -0.25) is 9.59 Å². The van der Waals surface area contributed by atoms with Crippen LogP contribution in [0.5, 0.6) is 0 Å². The normalized spacial score (nSPS) is 11.3. The Hall–Kier alpha value is -3.86. The Morgan fingerprint density at radius 2 is 1.55 bits per heavy atom. The minimum atomic E-state index is -0.388. The fourth-order valence-electron chi connectivity index (χ4n) is 3.05. The Labute approximate surface area is 183 Å². The Morgan fingerprint density at radius 3 is 2.19 bits per heavy atom. The van der Waals surface area contributed by atoms with Crippen molar-refractivity contribution in [1.29, 1.82) is 0 Å².